The fourth-order valence-corrected chi connectivity index (χ4v) is 4.69. The van der Waals surface area contributed by atoms with Crippen molar-refractivity contribution in [3.8, 4) is 0 Å². The number of rotatable bonds is 7. The summed E-state index contributed by atoms with van der Waals surface area (Å²) in [5, 5.41) is 20.0. The topological polar surface area (TPSA) is 113 Å². The molecule has 1 amide bonds. The number of carboxylic acids is 2. The summed E-state index contributed by atoms with van der Waals surface area (Å²) in [6.45, 7) is 6.05. The van der Waals surface area contributed by atoms with Crippen LogP contribution in [0.25, 0.3) is 0 Å². The van der Waals surface area contributed by atoms with Crippen molar-refractivity contribution in [3.63, 3.8) is 0 Å². The predicted molar refractivity (Wildman–Crippen MR) is 92.4 cm³/mol. The number of amides is 1. The zero-order chi connectivity index (χ0) is 19.8. The van der Waals surface area contributed by atoms with Gasteiger partial charge in [-0.15, -0.1) is 0 Å². The maximum Gasteiger partial charge on any atom is 0.313 e. The molecule has 0 heterocycles. The minimum absolute atomic E-state index is 0.0381. The molecule has 25 heavy (non-hydrogen) atoms. The number of carbonyl (C=O) groups excluding carboxylic acids is 1. The molecular weight excluding hydrogens is 535 g/mol. The van der Waals surface area contributed by atoms with E-state index >= 15 is 0 Å². The molecule has 0 aromatic carbocycles. The number of carboxylic acid groups (broad SMARTS) is 2. The van der Waals surface area contributed by atoms with E-state index < -0.39 is 22.8 Å². The summed E-state index contributed by atoms with van der Waals surface area (Å²) >= 11 is 4.05. The third kappa shape index (κ3) is 6.39. The summed E-state index contributed by atoms with van der Waals surface area (Å²) in [4.78, 5) is 33.2. The van der Waals surface area contributed by atoms with Crippen LogP contribution in [0.3, 0.4) is 0 Å². The van der Waals surface area contributed by atoms with E-state index in [9.17, 15) is 19.5 Å². The van der Waals surface area contributed by atoms with Gasteiger partial charge in [-0.25, -0.2) is 0 Å². The van der Waals surface area contributed by atoms with E-state index in [0.29, 0.717) is 45.5 Å². The van der Waals surface area contributed by atoms with Crippen molar-refractivity contribution in [2.75, 3.05) is 19.4 Å². The minimum atomic E-state index is -0.881. The van der Waals surface area contributed by atoms with Gasteiger partial charge in [-0.3, -0.25) is 4.79 Å². The van der Waals surface area contributed by atoms with Crippen molar-refractivity contribution in [2.24, 2.45) is 16.7 Å². The third-order valence-corrected chi connectivity index (χ3v) is 8.08. The van der Waals surface area contributed by atoms with Crippen LogP contribution in [0.15, 0.2) is 0 Å². The van der Waals surface area contributed by atoms with Crippen molar-refractivity contribution in [1.29, 1.82) is 0 Å². The van der Waals surface area contributed by atoms with E-state index in [0.717, 1.165) is 3.93 Å². The first-order chi connectivity index (χ1) is 11.5. The summed E-state index contributed by atoms with van der Waals surface area (Å²) in [5.74, 6) is -2.06. The standard InChI is InChI=1S/C14H24NO4.C2H4O2S.Hg/c1-9(19-5)8-15-11(16)10-6-7-14(4,12(17)18)13(10,2)3;3-2(4)1-5;/h9-10H,1,6-8H2,2-5H3,(H,15,16)(H,17,18);5H,1H2,(H,3,4);/q;;+1. The van der Waals surface area contributed by atoms with Gasteiger partial charge in [-0.1, -0.05) is 0 Å². The molecule has 0 aromatic rings. The maximum atomic E-state index is 12.4. The Morgan fingerprint density at radius 2 is 1.84 bits per heavy atom. The molecule has 1 saturated carbocycles. The predicted octanol–water partition coefficient (Wildman–Crippen LogP) is 1.61. The Labute approximate surface area is 170 Å². The SMILES string of the molecule is COC([CH2][Hg+])CNC(=O)C1CCC(C)(C(=O)O)C1(C)C.O=C(O)CS. The van der Waals surface area contributed by atoms with Crippen LogP contribution in [0.4, 0.5) is 0 Å². The fraction of sp³-hybridized carbons (Fsp3) is 0.812. The van der Waals surface area contributed by atoms with Crippen LogP contribution in [-0.4, -0.2) is 53.6 Å². The van der Waals surface area contributed by atoms with Crippen molar-refractivity contribution in [1.82, 2.24) is 5.32 Å². The number of methoxy groups -OCH3 is 1. The first-order valence-corrected chi connectivity index (χ1v) is 12.7. The minimum Gasteiger partial charge on any atom is -0.481 e. The van der Waals surface area contributed by atoms with Gasteiger partial charge in [-0.05, 0) is 0 Å². The average Bonchev–Trinajstić information content (AvgIpc) is 2.80. The Hall–Kier alpha value is -0.345. The Bertz CT molecular complexity index is 483. The zero-order valence-corrected chi connectivity index (χ0v) is 21.8. The smallest absolute Gasteiger partial charge is 0.313 e. The summed E-state index contributed by atoms with van der Waals surface area (Å²) < 4.78 is 6.31. The Morgan fingerprint density at radius 3 is 2.16 bits per heavy atom. The normalized spacial score (nSPS) is 25.5. The van der Waals surface area contributed by atoms with E-state index in [-0.39, 0.29) is 23.7 Å². The average molecular weight is 563 g/mol. The van der Waals surface area contributed by atoms with Crippen molar-refractivity contribution >= 4 is 30.5 Å². The van der Waals surface area contributed by atoms with Crippen LogP contribution in [0.5, 0.6) is 0 Å². The molecule has 1 aliphatic carbocycles. The molecule has 0 aliphatic heterocycles. The first kappa shape index (κ1) is 24.7. The largest absolute Gasteiger partial charge is 0.481 e. The second-order valence-electron chi connectivity index (χ2n) is 6.89. The van der Waals surface area contributed by atoms with Crippen molar-refractivity contribution in [3.05, 3.63) is 0 Å². The Morgan fingerprint density at radius 1 is 1.32 bits per heavy atom. The van der Waals surface area contributed by atoms with Crippen molar-refractivity contribution in [2.45, 2.75) is 43.6 Å². The van der Waals surface area contributed by atoms with Crippen LogP contribution in [0, 0.1) is 16.7 Å². The summed E-state index contributed by atoms with van der Waals surface area (Å²) in [6, 6.07) is 0. The molecular formula is C16H28HgNO6S+. The van der Waals surface area contributed by atoms with Gasteiger partial charge in [0.2, 0.25) is 0 Å². The first-order valence-electron chi connectivity index (χ1n) is 8.13. The van der Waals surface area contributed by atoms with Crippen LogP contribution in [0.1, 0.15) is 33.6 Å². The Balaban J connectivity index is 0.00000101. The van der Waals surface area contributed by atoms with Gasteiger partial charge in [0.05, 0.1) is 5.75 Å². The molecule has 7 nitrogen and oxygen atoms in total. The molecule has 9 heteroatoms. The number of thiol groups is 1. The van der Waals surface area contributed by atoms with E-state index in [1.165, 1.54) is 0 Å². The number of aliphatic carboxylic acids is 2. The van der Waals surface area contributed by atoms with E-state index in [1.54, 1.807) is 14.0 Å². The Kier molecular flexibility index (Phi) is 10.6. The van der Waals surface area contributed by atoms with Crippen LogP contribution < -0.4 is 5.32 Å². The molecule has 0 aromatic heterocycles. The summed E-state index contributed by atoms with van der Waals surface area (Å²) in [7, 11) is 1.66. The molecule has 1 rings (SSSR count). The number of carbonyl (C=O) groups is 3. The van der Waals surface area contributed by atoms with Gasteiger partial charge in [0, 0.05) is 0 Å². The van der Waals surface area contributed by atoms with Gasteiger partial charge >= 0.3 is 143 Å². The van der Waals surface area contributed by atoms with Crippen LogP contribution in [0.2, 0.25) is 3.93 Å². The van der Waals surface area contributed by atoms with Gasteiger partial charge in [0.15, 0.2) is 0 Å². The van der Waals surface area contributed by atoms with Crippen LogP contribution in [-0.2, 0) is 45.2 Å². The molecule has 0 spiro atoms. The molecule has 1 fully saturated rings. The van der Waals surface area contributed by atoms with Gasteiger partial charge in [0.25, 0.3) is 0 Å². The van der Waals surface area contributed by atoms with Gasteiger partial charge < -0.3 is 5.11 Å². The monoisotopic (exact) mass is 564 g/mol. The van der Waals surface area contributed by atoms with Crippen molar-refractivity contribution < 1.29 is 55.5 Å². The maximum absolute atomic E-state index is 12.4. The second-order valence-corrected chi connectivity index (χ2v) is 9.45. The molecule has 140 valence electrons. The summed E-state index contributed by atoms with van der Waals surface area (Å²) in [6.07, 6.45) is 1.27. The molecule has 3 N–H and O–H groups in total. The van der Waals surface area contributed by atoms with Gasteiger partial charge in [-0.2, -0.15) is 12.6 Å². The van der Waals surface area contributed by atoms with Crippen LogP contribution >= 0.6 is 12.6 Å². The van der Waals surface area contributed by atoms with E-state index in [4.69, 9.17) is 9.84 Å². The van der Waals surface area contributed by atoms with E-state index in [1.807, 2.05) is 13.8 Å². The van der Waals surface area contributed by atoms with Gasteiger partial charge in [0.1, 0.15) is 0 Å². The number of nitrogens with one attached hydrogen (secondary N) is 1. The fourth-order valence-electron chi connectivity index (χ4n) is 2.98. The quantitative estimate of drug-likeness (QED) is 0.277. The number of hydrogen-bond acceptors (Lipinski definition) is 5. The number of hydrogen-bond donors (Lipinski definition) is 4. The van der Waals surface area contributed by atoms with E-state index in [2.05, 4.69) is 17.9 Å². The number of ether oxygens (including phenoxy) is 1. The third-order valence-electron chi connectivity index (χ3n) is 5.31. The molecule has 0 bridgehead atoms. The molecule has 1 aliphatic rings. The second kappa shape index (κ2) is 10.7. The summed E-state index contributed by atoms with van der Waals surface area (Å²) in [5.41, 5.74) is -1.38. The molecule has 0 radical (unpaired) electrons. The molecule has 3 unspecified atom stereocenters. The zero-order valence-electron chi connectivity index (χ0n) is 15.4. The molecule has 3 atom stereocenters. The molecule has 0 saturated heterocycles.